The first kappa shape index (κ1) is 24.5. The second kappa shape index (κ2) is 12.8. The zero-order chi connectivity index (χ0) is 19.0. The van der Waals surface area contributed by atoms with Crippen molar-refractivity contribution >= 4 is 41.7 Å². The van der Waals surface area contributed by atoms with Gasteiger partial charge in [-0.1, -0.05) is 6.42 Å². The van der Waals surface area contributed by atoms with Gasteiger partial charge in [-0.15, -0.1) is 24.0 Å². The number of thioether (sulfide) groups is 1. The van der Waals surface area contributed by atoms with Crippen LogP contribution in [0.1, 0.15) is 39.0 Å². The molecule has 164 valence electrons. The highest BCUT2D eigenvalue weighted by Crippen LogP contribution is 2.33. The summed E-state index contributed by atoms with van der Waals surface area (Å²) in [6.45, 7) is 10.7. The van der Waals surface area contributed by atoms with E-state index in [9.17, 15) is 0 Å². The van der Waals surface area contributed by atoms with Crippen LogP contribution in [-0.2, 0) is 4.74 Å². The molecule has 6 nitrogen and oxygen atoms in total. The van der Waals surface area contributed by atoms with Crippen molar-refractivity contribution in [3.8, 4) is 0 Å². The smallest absolute Gasteiger partial charge is 0.191 e. The highest BCUT2D eigenvalue weighted by molar-refractivity contribution is 14.0. The largest absolute Gasteiger partial charge is 0.379 e. The molecule has 0 aromatic heterocycles. The highest BCUT2D eigenvalue weighted by atomic mass is 127. The van der Waals surface area contributed by atoms with Crippen molar-refractivity contribution in [1.29, 1.82) is 0 Å². The number of piperidine rings is 1. The predicted molar refractivity (Wildman–Crippen MR) is 131 cm³/mol. The fourth-order valence-corrected chi connectivity index (χ4v) is 6.06. The molecule has 0 aromatic carbocycles. The Labute approximate surface area is 193 Å². The first-order valence-electron chi connectivity index (χ1n) is 10.8. The lowest BCUT2D eigenvalue weighted by Gasteiger charge is -2.43. The van der Waals surface area contributed by atoms with Crippen LogP contribution in [0.3, 0.4) is 0 Å². The number of likely N-dealkylation sites (tertiary alicyclic amines) is 1. The number of ether oxygens (including phenoxy) is 1. The monoisotopic (exact) mass is 525 g/mol. The lowest BCUT2D eigenvalue weighted by molar-refractivity contribution is -0.0120. The summed E-state index contributed by atoms with van der Waals surface area (Å²) in [5, 5.41) is 7.16. The van der Waals surface area contributed by atoms with E-state index in [0.29, 0.717) is 0 Å². The second-order valence-corrected chi connectivity index (χ2v) is 9.32. The minimum atomic E-state index is 0. The Hall–Kier alpha value is 0.230. The van der Waals surface area contributed by atoms with E-state index >= 15 is 0 Å². The Morgan fingerprint density at radius 2 is 2.04 bits per heavy atom. The number of nitrogens with zero attached hydrogens (tertiary/aromatic N) is 3. The molecule has 3 heterocycles. The number of hydrogen-bond donors (Lipinski definition) is 2. The van der Waals surface area contributed by atoms with Crippen molar-refractivity contribution in [1.82, 2.24) is 20.4 Å². The Morgan fingerprint density at radius 1 is 1.21 bits per heavy atom. The van der Waals surface area contributed by atoms with E-state index in [4.69, 9.17) is 4.74 Å². The van der Waals surface area contributed by atoms with Crippen LogP contribution >= 0.6 is 35.7 Å². The van der Waals surface area contributed by atoms with Gasteiger partial charge in [0.25, 0.3) is 0 Å². The molecule has 0 bridgehead atoms. The molecule has 0 aliphatic carbocycles. The van der Waals surface area contributed by atoms with E-state index in [2.05, 4.69) is 44.1 Å². The van der Waals surface area contributed by atoms with Crippen molar-refractivity contribution in [3.05, 3.63) is 0 Å². The van der Waals surface area contributed by atoms with Gasteiger partial charge in [0.2, 0.25) is 0 Å². The number of morpholine rings is 1. The van der Waals surface area contributed by atoms with Crippen LogP contribution in [0.4, 0.5) is 0 Å². The summed E-state index contributed by atoms with van der Waals surface area (Å²) in [4.78, 5) is 9.75. The molecule has 3 rings (SSSR count). The molecule has 3 saturated heterocycles. The van der Waals surface area contributed by atoms with Gasteiger partial charge in [0, 0.05) is 57.1 Å². The number of hydrogen-bond acceptors (Lipinski definition) is 5. The van der Waals surface area contributed by atoms with Gasteiger partial charge in [-0.25, -0.2) is 0 Å². The van der Waals surface area contributed by atoms with E-state index in [1.54, 1.807) is 0 Å². The van der Waals surface area contributed by atoms with Gasteiger partial charge in [0.15, 0.2) is 5.96 Å². The lowest BCUT2D eigenvalue weighted by Crippen LogP contribution is -2.60. The molecule has 0 spiro atoms. The summed E-state index contributed by atoms with van der Waals surface area (Å²) in [7, 11) is 1.88. The number of halogens is 1. The van der Waals surface area contributed by atoms with Crippen LogP contribution in [-0.4, -0.2) is 98.4 Å². The van der Waals surface area contributed by atoms with Gasteiger partial charge in [-0.2, -0.15) is 11.8 Å². The molecular formula is C20H40IN5OS. The number of rotatable bonds is 7. The van der Waals surface area contributed by atoms with Crippen molar-refractivity contribution < 1.29 is 4.74 Å². The minimum Gasteiger partial charge on any atom is -0.379 e. The quantitative estimate of drug-likeness (QED) is 0.230. The molecule has 2 unspecified atom stereocenters. The third-order valence-corrected chi connectivity index (χ3v) is 7.66. The minimum absolute atomic E-state index is 0. The van der Waals surface area contributed by atoms with E-state index < -0.39 is 0 Å². The van der Waals surface area contributed by atoms with Crippen molar-refractivity contribution in [3.63, 3.8) is 0 Å². The zero-order valence-electron chi connectivity index (χ0n) is 17.8. The predicted octanol–water partition coefficient (Wildman–Crippen LogP) is 2.24. The fourth-order valence-electron chi connectivity index (χ4n) is 4.58. The summed E-state index contributed by atoms with van der Waals surface area (Å²) < 4.78 is 5.57. The van der Waals surface area contributed by atoms with Crippen LogP contribution in [0.15, 0.2) is 4.99 Å². The molecule has 0 saturated carbocycles. The van der Waals surface area contributed by atoms with Crippen LogP contribution in [0.2, 0.25) is 0 Å². The third kappa shape index (κ3) is 6.89. The topological polar surface area (TPSA) is 52.1 Å². The Morgan fingerprint density at radius 3 is 2.71 bits per heavy atom. The summed E-state index contributed by atoms with van der Waals surface area (Å²) >= 11 is 2.08. The molecule has 2 N–H and O–H groups in total. The lowest BCUT2D eigenvalue weighted by atomic mass is 9.95. The summed E-state index contributed by atoms with van der Waals surface area (Å²) in [5.41, 5.74) is 0.259. The van der Waals surface area contributed by atoms with Gasteiger partial charge in [-0.05, 0) is 44.9 Å². The van der Waals surface area contributed by atoms with E-state index in [1.807, 2.05) is 7.05 Å². The maximum Gasteiger partial charge on any atom is 0.191 e. The Bertz CT molecular complexity index is 470. The number of guanidine groups is 1. The molecule has 0 radical (unpaired) electrons. The van der Waals surface area contributed by atoms with E-state index in [-0.39, 0.29) is 29.5 Å². The fraction of sp³-hybridized carbons (Fsp3) is 0.950. The average molecular weight is 526 g/mol. The third-order valence-electron chi connectivity index (χ3n) is 6.43. The normalized spacial score (nSPS) is 30.1. The van der Waals surface area contributed by atoms with Crippen LogP contribution < -0.4 is 10.6 Å². The SMILES string of the molecule is CN=C(NCCCN1CCCCC1C)NCC1(N2CCOCC2)CCSC1.I. The van der Waals surface area contributed by atoms with Crippen LogP contribution in [0.25, 0.3) is 0 Å². The number of aliphatic imine (C=N–C) groups is 1. The van der Waals surface area contributed by atoms with Crippen molar-refractivity contribution in [2.24, 2.45) is 4.99 Å². The van der Waals surface area contributed by atoms with Gasteiger partial charge in [0.1, 0.15) is 0 Å². The van der Waals surface area contributed by atoms with Gasteiger partial charge in [0.05, 0.1) is 13.2 Å². The van der Waals surface area contributed by atoms with E-state index in [1.165, 1.54) is 56.7 Å². The highest BCUT2D eigenvalue weighted by Gasteiger charge is 2.40. The molecule has 28 heavy (non-hydrogen) atoms. The summed E-state index contributed by atoms with van der Waals surface area (Å²) in [5.74, 6) is 3.43. The van der Waals surface area contributed by atoms with Gasteiger partial charge in [-0.3, -0.25) is 9.89 Å². The van der Waals surface area contributed by atoms with Crippen molar-refractivity contribution in [2.45, 2.75) is 50.6 Å². The van der Waals surface area contributed by atoms with Gasteiger partial charge < -0.3 is 20.3 Å². The average Bonchev–Trinajstić information content (AvgIpc) is 3.19. The summed E-state index contributed by atoms with van der Waals surface area (Å²) in [6, 6.07) is 0.754. The number of nitrogens with one attached hydrogen (secondary N) is 2. The van der Waals surface area contributed by atoms with Crippen molar-refractivity contribution in [2.75, 3.05) is 71.0 Å². The molecule has 2 atom stereocenters. The Kier molecular flexibility index (Phi) is 11.2. The first-order valence-corrected chi connectivity index (χ1v) is 12.0. The second-order valence-electron chi connectivity index (χ2n) is 8.21. The standard InChI is InChI=1S/C20H39N5OS.HI/c1-18-6-3-4-9-24(18)10-5-8-22-19(21-2)23-16-20(7-15-27-17-20)25-11-13-26-14-12-25;/h18H,3-17H2,1-2H3,(H2,21,22,23);1H. The molecule has 3 aliphatic rings. The molecule has 3 aliphatic heterocycles. The summed E-state index contributed by atoms with van der Waals surface area (Å²) in [6.07, 6.45) is 6.56. The first-order chi connectivity index (χ1) is 13.2. The zero-order valence-corrected chi connectivity index (χ0v) is 20.9. The van der Waals surface area contributed by atoms with E-state index in [0.717, 1.165) is 51.4 Å². The van der Waals surface area contributed by atoms with Crippen LogP contribution in [0.5, 0.6) is 0 Å². The molecule has 0 amide bonds. The molecule has 0 aromatic rings. The molecule has 3 fully saturated rings. The maximum atomic E-state index is 5.57. The van der Waals surface area contributed by atoms with Gasteiger partial charge >= 0.3 is 0 Å². The Balaban J connectivity index is 0.00000280. The van der Waals surface area contributed by atoms with Crippen LogP contribution in [0, 0.1) is 0 Å². The molecular weight excluding hydrogens is 485 g/mol. The molecule has 8 heteroatoms. The maximum absolute atomic E-state index is 5.57.